The first-order valence-corrected chi connectivity index (χ1v) is 10.6. The molecule has 0 aliphatic carbocycles. The number of anilines is 2. The molecule has 8 nitrogen and oxygen atoms in total. The highest BCUT2D eigenvalue weighted by atomic mass is 32.2. The molecule has 4 rings (SSSR count). The highest BCUT2D eigenvalue weighted by Gasteiger charge is 2.16. The zero-order chi connectivity index (χ0) is 22.2. The van der Waals surface area contributed by atoms with Crippen LogP contribution in [0.1, 0.15) is 15.9 Å². The SMILES string of the molecule is Cc1ccc(F)cc1NC(=O)c1ccc(NS(=O)(=O)c2ccc3[nH]c(=O)[nH]c3c2)cc1. The number of sulfonamides is 1. The number of hydrogen-bond donors (Lipinski definition) is 4. The number of carbonyl (C=O) groups excluding carboxylic acids is 1. The lowest BCUT2D eigenvalue weighted by Gasteiger charge is -2.10. The van der Waals surface area contributed by atoms with E-state index in [1.54, 1.807) is 13.0 Å². The smallest absolute Gasteiger partial charge is 0.322 e. The van der Waals surface area contributed by atoms with Crippen molar-refractivity contribution < 1.29 is 17.6 Å². The molecule has 0 aliphatic heterocycles. The van der Waals surface area contributed by atoms with Crippen LogP contribution in [0.2, 0.25) is 0 Å². The number of carbonyl (C=O) groups is 1. The van der Waals surface area contributed by atoms with Crippen molar-refractivity contribution in [2.45, 2.75) is 11.8 Å². The Morgan fingerprint density at radius 2 is 1.65 bits per heavy atom. The summed E-state index contributed by atoms with van der Waals surface area (Å²) in [6, 6.07) is 14.1. The number of benzene rings is 3. The van der Waals surface area contributed by atoms with Gasteiger partial charge in [-0.25, -0.2) is 17.6 Å². The molecule has 0 aliphatic rings. The van der Waals surface area contributed by atoms with E-state index in [-0.39, 0.29) is 16.1 Å². The molecular formula is C21H17FN4O4S. The first-order valence-electron chi connectivity index (χ1n) is 9.14. The maximum absolute atomic E-state index is 13.4. The number of halogens is 1. The van der Waals surface area contributed by atoms with Crippen LogP contribution in [-0.2, 0) is 10.0 Å². The quantitative estimate of drug-likeness (QED) is 0.380. The monoisotopic (exact) mass is 440 g/mol. The van der Waals surface area contributed by atoms with E-state index < -0.39 is 27.4 Å². The Morgan fingerprint density at radius 3 is 2.39 bits per heavy atom. The van der Waals surface area contributed by atoms with Crippen molar-refractivity contribution in [2.75, 3.05) is 10.0 Å². The van der Waals surface area contributed by atoms with Gasteiger partial charge in [0, 0.05) is 16.9 Å². The molecule has 0 bridgehead atoms. The van der Waals surface area contributed by atoms with Gasteiger partial charge in [-0.1, -0.05) is 6.07 Å². The maximum Gasteiger partial charge on any atom is 0.323 e. The molecule has 0 saturated heterocycles. The minimum Gasteiger partial charge on any atom is -0.322 e. The number of hydrogen-bond acceptors (Lipinski definition) is 4. The molecule has 0 radical (unpaired) electrons. The van der Waals surface area contributed by atoms with Crippen LogP contribution in [0.4, 0.5) is 15.8 Å². The number of H-pyrrole nitrogens is 2. The van der Waals surface area contributed by atoms with E-state index in [1.807, 2.05) is 0 Å². The lowest BCUT2D eigenvalue weighted by Crippen LogP contribution is -2.14. The van der Waals surface area contributed by atoms with Gasteiger partial charge in [-0.05, 0) is 67.1 Å². The lowest BCUT2D eigenvalue weighted by molar-refractivity contribution is 0.102. The summed E-state index contributed by atoms with van der Waals surface area (Å²) in [5.41, 5.74) is 2.02. The fourth-order valence-electron chi connectivity index (χ4n) is 3.01. The predicted octanol–water partition coefficient (Wildman–Crippen LogP) is 3.36. The van der Waals surface area contributed by atoms with Crippen molar-refractivity contribution in [3.8, 4) is 0 Å². The molecule has 1 amide bonds. The highest BCUT2D eigenvalue weighted by molar-refractivity contribution is 7.92. The van der Waals surface area contributed by atoms with Gasteiger partial charge >= 0.3 is 5.69 Å². The Kier molecular flexibility index (Phi) is 5.07. The highest BCUT2D eigenvalue weighted by Crippen LogP contribution is 2.21. The zero-order valence-electron chi connectivity index (χ0n) is 16.2. The molecule has 0 fully saturated rings. The predicted molar refractivity (Wildman–Crippen MR) is 115 cm³/mol. The molecule has 0 unspecified atom stereocenters. The van der Waals surface area contributed by atoms with Crippen LogP contribution in [0.3, 0.4) is 0 Å². The normalized spacial score (nSPS) is 11.4. The van der Waals surface area contributed by atoms with Crippen LogP contribution in [-0.4, -0.2) is 24.3 Å². The van der Waals surface area contributed by atoms with Gasteiger partial charge in [-0.2, -0.15) is 0 Å². The van der Waals surface area contributed by atoms with Crippen molar-refractivity contribution in [3.05, 3.63) is 88.1 Å². The van der Waals surface area contributed by atoms with E-state index in [2.05, 4.69) is 20.0 Å². The van der Waals surface area contributed by atoms with Crippen LogP contribution < -0.4 is 15.7 Å². The van der Waals surface area contributed by atoms with E-state index in [1.165, 1.54) is 54.6 Å². The van der Waals surface area contributed by atoms with Crippen LogP contribution >= 0.6 is 0 Å². The zero-order valence-corrected chi connectivity index (χ0v) is 17.0. The van der Waals surface area contributed by atoms with E-state index in [0.29, 0.717) is 22.3 Å². The molecule has 3 aromatic carbocycles. The maximum atomic E-state index is 13.4. The molecule has 4 N–H and O–H groups in total. The summed E-state index contributed by atoms with van der Waals surface area (Å²) in [5.74, 6) is -0.919. The number of fused-ring (bicyclic) bond motifs is 1. The van der Waals surface area contributed by atoms with Gasteiger partial charge in [0.2, 0.25) is 0 Å². The Bertz CT molecular complexity index is 1460. The topological polar surface area (TPSA) is 124 Å². The van der Waals surface area contributed by atoms with Gasteiger partial charge in [-0.15, -0.1) is 0 Å². The van der Waals surface area contributed by atoms with E-state index in [4.69, 9.17) is 0 Å². The molecule has 158 valence electrons. The Hall–Kier alpha value is -3.92. The first kappa shape index (κ1) is 20.4. The Balaban J connectivity index is 1.51. The Labute approximate surface area is 176 Å². The molecule has 0 saturated carbocycles. The van der Waals surface area contributed by atoms with E-state index in [0.717, 1.165) is 0 Å². The second-order valence-electron chi connectivity index (χ2n) is 6.88. The third-order valence-corrected chi connectivity index (χ3v) is 6.02. The van der Waals surface area contributed by atoms with Crippen molar-refractivity contribution in [1.82, 2.24) is 9.97 Å². The van der Waals surface area contributed by atoms with Gasteiger partial charge in [-0.3, -0.25) is 9.52 Å². The largest absolute Gasteiger partial charge is 0.323 e. The number of amides is 1. The summed E-state index contributed by atoms with van der Waals surface area (Å²) in [6.07, 6.45) is 0. The first-order chi connectivity index (χ1) is 14.7. The summed E-state index contributed by atoms with van der Waals surface area (Å²) in [6.45, 7) is 1.74. The van der Waals surface area contributed by atoms with Crippen LogP contribution in [0.25, 0.3) is 11.0 Å². The molecular weight excluding hydrogens is 423 g/mol. The fraction of sp³-hybridized carbons (Fsp3) is 0.0476. The van der Waals surface area contributed by atoms with Crippen molar-refractivity contribution in [3.63, 3.8) is 0 Å². The van der Waals surface area contributed by atoms with Crippen molar-refractivity contribution in [2.24, 2.45) is 0 Å². The Morgan fingerprint density at radius 1 is 0.935 bits per heavy atom. The van der Waals surface area contributed by atoms with Gasteiger partial charge in [0.1, 0.15) is 5.82 Å². The number of imidazole rings is 1. The van der Waals surface area contributed by atoms with Crippen molar-refractivity contribution >= 4 is 38.3 Å². The number of aryl methyl sites for hydroxylation is 1. The summed E-state index contributed by atoms with van der Waals surface area (Å²) in [7, 11) is -3.92. The second kappa shape index (κ2) is 7.73. The van der Waals surface area contributed by atoms with Crippen LogP contribution in [0.15, 0.2) is 70.4 Å². The van der Waals surface area contributed by atoms with Gasteiger partial charge in [0.05, 0.1) is 15.9 Å². The standard InChI is InChI=1S/C21H17FN4O4S/c1-12-2-5-14(22)10-18(12)23-20(27)13-3-6-15(7-4-13)26-31(29,30)16-8-9-17-19(11-16)25-21(28)24-17/h2-11,26H,1H3,(H,23,27)(H2,24,25,28). The van der Waals surface area contributed by atoms with Crippen LogP contribution in [0, 0.1) is 12.7 Å². The van der Waals surface area contributed by atoms with Crippen LogP contribution in [0.5, 0.6) is 0 Å². The second-order valence-corrected chi connectivity index (χ2v) is 8.57. The van der Waals surface area contributed by atoms with E-state index >= 15 is 0 Å². The summed E-state index contributed by atoms with van der Waals surface area (Å²) in [5, 5.41) is 2.63. The van der Waals surface area contributed by atoms with Gasteiger partial charge in [0.25, 0.3) is 15.9 Å². The molecule has 4 aromatic rings. The minimum atomic E-state index is -3.92. The third kappa shape index (κ3) is 4.33. The number of nitrogens with one attached hydrogen (secondary N) is 4. The minimum absolute atomic E-state index is 0.0290. The summed E-state index contributed by atoms with van der Waals surface area (Å²) in [4.78, 5) is 28.8. The fourth-order valence-corrected chi connectivity index (χ4v) is 4.09. The molecule has 0 atom stereocenters. The lowest BCUT2D eigenvalue weighted by atomic mass is 10.1. The van der Waals surface area contributed by atoms with Gasteiger partial charge < -0.3 is 15.3 Å². The average Bonchev–Trinajstić information content (AvgIpc) is 3.10. The van der Waals surface area contributed by atoms with Gasteiger partial charge in [0.15, 0.2) is 0 Å². The third-order valence-electron chi connectivity index (χ3n) is 4.64. The number of rotatable bonds is 5. The molecule has 31 heavy (non-hydrogen) atoms. The number of aromatic amines is 2. The summed E-state index contributed by atoms with van der Waals surface area (Å²) < 4.78 is 41.1. The molecule has 0 spiro atoms. The average molecular weight is 440 g/mol. The van der Waals surface area contributed by atoms with Crippen molar-refractivity contribution in [1.29, 1.82) is 0 Å². The molecule has 1 aromatic heterocycles. The summed E-state index contributed by atoms with van der Waals surface area (Å²) >= 11 is 0. The number of aromatic nitrogens is 2. The molecule has 10 heteroatoms. The molecule has 1 heterocycles. The van der Waals surface area contributed by atoms with E-state index in [9.17, 15) is 22.4 Å².